The van der Waals surface area contributed by atoms with Crippen molar-refractivity contribution in [3.05, 3.63) is 72.6 Å². The van der Waals surface area contributed by atoms with E-state index in [2.05, 4.69) is 20.6 Å². The van der Waals surface area contributed by atoms with E-state index >= 15 is 0 Å². The maximum atomic E-state index is 12.1. The minimum absolute atomic E-state index is 0.197. The van der Waals surface area contributed by atoms with Crippen LogP contribution >= 0.6 is 11.6 Å². The first-order valence-electron chi connectivity index (χ1n) is 10.1. The first kappa shape index (κ1) is 22.1. The van der Waals surface area contributed by atoms with Crippen LogP contribution in [0.25, 0.3) is 16.9 Å². The summed E-state index contributed by atoms with van der Waals surface area (Å²) in [6.07, 6.45) is 2.58. The molecule has 0 bridgehead atoms. The molecule has 2 aromatic heterocycles. The van der Waals surface area contributed by atoms with E-state index < -0.39 is 6.09 Å². The fourth-order valence-corrected chi connectivity index (χ4v) is 3.58. The molecule has 0 fully saturated rings. The summed E-state index contributed by atoms with van der Waals surface area (Å²) in [4.78, 5) is 25.0. The smallest absolute Gasteiger partial charge is 0.417 e. The Hall–Kier alpha value is -4.11. The highest BCUT2D eigenvalue weighted by Gasteiger charge is 2.22. The van der Waals surface area contributed by atoms with Gasteiger partial charge in [0, 0.05) is 36.4 Å². The summed E-state index contributed by atoms with van der Waals surface area (Å²) in [5.41, 5.74) is 4.09. The van der Waals surface area contributed by atoms with Crippen molar-refractivity contribution < 1.29 is 14.7 Å². The summed E-state index contributed by atoms with van der Waals surface area (Å²) in [6.45, 7) is 1.77. The van der Waals surface area contributed by atoms with Gasteiger partial charge in [-0.25, -0.2) is 14.4 Å². The first-order chi connectivity index (χ1) is 16.0. The topological polar surface area (TPSA) is 116 Å². The number of aromatic nitrogens is 4. The molecule has 2 aromatic carbocycles. The van der Waals surface area contributed by atoms with Crippen LogP contribution in [0.3, 0.4) is 0 Å². The number of halogens is 1. The molecular weight excluding hydrogens is 444 g/mol. The molecule has 0 saturated carbocycles. The summed E-state index contributed by atoms with van der Waals surface area (Å²) in [7, 11) is 0. The number of carbonyl (C=O) groups excluding carboxylic acids is 1. The number of hydrogen-bond acceptors (Lipinski definition) is 4. The Morgan fingerprint density at radius 3 is 2.61 bits per heavy atom. The van der Waals surface area contributed by atoms with Gasteiger partial charge in [-0.1, -0.05) is 12.1 Å². The minimum Gasteiger partial charge on any atom is -0.464 e. The van der Waals surface area contributed by atoms with Crippen LogP contribution in [0.1, 0.15) is 12.0 Å². The van der Waals surface area contributed by atoms with Crippen LogP contribution < -0.4 is 10.2 Å². The van der Waals surface area contributed by atoms with Gasteiger partial charge in [-0.15, -0.1) is 11.6 Å². The molecule has 9 nitrogen and oxygen atoms in total. The number of aromatic amines is 1. The van der Waals surface area contributed by atoms with Crippen molar-refractivity contribution in [1.29, 1.82) is 0 Å². The average Bonchev–Trinajstić information content (AvgIpc) is 3.48. The average molecular weight is 465 g/mol. The Balaban J connectivity index is 1.58. The lowest BCUT2D eigenvalue weighted by atomic mass is 10.1. The molecule has 0 unspecified atom stereocenters. The number of amides is 2. The van der Waals surface area contributed by atoms with Gasteiger partial charge in [0.05, 0.1) is 17.1 Å². The number of aryl methyl sites for hydroxylation is 1. The number of carboxylic acid groups (broad SMARTS) is 1. The third-order valence-corrected chi connectivity index (χ3v) is 5.16. The molecule has 3 N–H and O–H groups in total. The van der Waals surface area contributed by atoms with Gasteiger partial charge < -0.3 is 10.4 Å². The van der Waals surface area contributed by atoms with Gasteiger partial charge in [-0.2, -0.15) is 10.2 Å². The second kappa shape index (κ2) is 9.58. The Morgan fingerprint density at radius 1 is 1.18 bits per heavy atom. The maximum Gasteiger partial charge on any atom is 0.417 e. The molecule has 4 rings (SSSR count). The maximum absolute atomic E-state index is 12.1. The van der Waals surface area contributed by atoms with Crippen LogP contribution in [0.5, 0.6) is 0 Å². The number of benzene rings is 2. The molecule has 0 aliphatic heterocycles. The molecule has 0 aliphatic rings. The zero-order valence-electron chi connectivity index (χ0n) is 17.7. The van der Waals surface area contributed by atoms with E-state index in [9.17, 15) is 14.7 Å². The zero-order chi connectivity index (χ0) is 23.4. The third-order valence-electron chi connectivity index (χ3n) is 4.97. The summed E-state index contributed by atoms with van der Waals surface area (Å²) < 4.78 is 1.75. The Morgan fingerprint density at radius 2 is 1.97 bits per heavy atom. The number of rotatable bonds is 7. The highest BCUT2D eigenvalue weighted by atomic mass is 35.5. The number of nitrogens with zero attached hydrogens (tertiary/aromatic N) is 4. The van der Waals surface area contributed by atoms with Crippen LogP contribution in [0.4, 0.5) is 22.0 Å². The Labute approximate surface area is 194 Å². The third kappa shape index (κ3) is 4.88. The minimum atomic E-state index is -1.18. The monoisotopic (exact) mass is 464 g/mol. The van der Waals surface area contributed by atoms with E-state index in [0.29, 0.717) is 22.6 Å². The molecule has 10 heteroatoms. The molecule has 33 heavy (non-hydrogen) atoms. The van der Waals surface area contributed by atoms with Crippen molar-refractivity contribution in [2.24, 2.45) is 0 Å². The fourth-order valence-electron chi connectivity index (χ4n) is 3.41. The zero-order valence-corrected chi connectivity index (χ0v) is 18.5. The first-order valence-corrected chi connectivity index (χ1v) is 10.6. The Kier molecular flexibility index (Phi) is 6.41. The van der Waals surface area contributed by atoms with Gasteiger partial charge >= 0.3 is 6.09 Å². The van der Waals surface area contributed by atoms with Crippen molar-refractivity contribution in [2.75, 3.05) is 16.1 Å². The van der Waals surface area contributed by atoms with E-state index in [1.165, 1.54) is 0 Å². The fraction of sp³-hybridized carbons (Fsp3) is 0.130. The SMILES string of the molecule is Cc1cc(NC(=O)CCCl)ccc1N(C(=O)O)c1cc(-c2ccc(-n3cccn3)cc2)[nH]n1. The van der Waals surface area contributed by atoms with Crippen molar-refractivity contribution in [3.8, 4) is 16.9 Å². The summed E-state index contributed by atoms with van der Waals surface area (Å²) >= 11 is 5.59. The Bertz CT molecular complexity index is 1270. The van der Waals surface area contributed by atoms with E-state index in [-0.39, 0.29) is 24.0 Å². The number of nitrogens with one attached hydrogen (secondary N) is 2. The summed E-state index contributed by atoms with van der Waals surface area (Å²) in [6, 6.07) is 16.1. The van der Waals surface area contributed by atoms with E-state index in [4.69, 9.17) is 11.6 Å². The molecule has 0 saturated heterocycles. The van der Waals surface area contributed by atoms with Gasteiger partial charge in [0.1, 0.15) is 0 Å². The second-order valence-electron chi connectivity index (χ2n) is 7.24. The lowest BCUT2D eigenvalue weighted by Crippen LogP contribution is -2.25. The summed E-state index contributed by atoms with van der Waals surface area (Å²) in [5, 5.41) is 24.0. The highest BCUT2D eigenvalue weighted by molar-refractivity contribution is 6.19. The van der Waals surface area contributed by atoms with E-state index in [1.807, 2.05) is 36.5 Å². The van der Waals surface area contributed by atoms with Gasteiger partial charge in [-0.3, -0.25) is 9.89 Å². The van der Waals surface area contributed by atoms with Gasteiger partial charge in [0.15, 0.2) is 5.82 Å². The lowest BCUT2D eigenvalue weighted by Gasteiger charge is -2.19. The van der Waals surface area contributed by atoms with Crippen molar-refractivity contribution in [1.82, 2.24) is 20.0 Å². The number of anilines is 3. The predicted octanol–water partition coefficient (Wildman–Crippen LogP) is 4.95. The van der Waals surface area contributed by atoms with Gasteiger partial charge in [0.2, 0.25) is 5.91 Å². The van der Waals surface area contributed by atoms with Gasteiger partial charge in [0.25, 0.3) is 0 Å². The van der Waals surface area contributed by atoms with Crippen molar-refractivity contribution in [2.45, 2.75) is 13.3 Å². The molecule has 2 amide bonds. The van der Waals surface area contributed by atoms with Crippen molar-refractivity contribution in [3.63, 3.8) is 0 Å². The predicted molar refractivity (Wildman–Crippen MR) is 126 cm³/mol. The van der Waals surface area contributed by atoms with E-state index in [1.54, 1.807) is 42.1 Å². The molecule has 2 heterocycles. The molecule has 0 aliphatic carbocycles. The van der Waals surface area contributed by atoms with E-state index in [0.717, 1.165) is 16.2 Å². The highest BCUT2D eigenvalue weighted by Crippen LogP contribution is 2.31. The van der Waals surface area contributed by atoms with Gasteiger partial charge in [-0.05, 0) is 54.4 Å². The lowest BCUT2D eigenvalue weighted by molar-refractivity contribution is -0.115. The molecule has 0 radical (unpaired) electrons. The van der Waals surface area contributed by atoms with Crippen LogP contribution in [-0.4, -0.2) is 43.0 Å². The standard InChI is InChI=1S/C23H21ClN6O3/c1-15-13-17(26-22(31)9-10-24)5-8-20(15)30(23(32)33)21-14-19(27-28-21)16-3-6-18(7-4-16)29-12-2-11-25-29/h2-8,11-14H,9-10H2,1H3,(H,26,31)(H,27,28)(H,32,33). The number of H-pyrrole nitrogens is 1. The molecule has 0 spiro atoms. The number of alkyl halides is 1. The number of hydrogen-bond donors (Lipinski definition) is 3. The van der Waals surface area contributed by atoms with Crippen LogP contribution in [0.2, 0.25) is 0 Å². The quantitative estimate of drug-likeness (QED) is 0.334. The normalized spacial score (nSPS) is 10.7. The van der Waals surface area contributed by atoms with Crippen molar-refractivity contribution >= 4 is 40.8 Å². The molecular formula is C23H21ClN6O3. The van der Waals surface area contributed by atoms with Crippen LogP contribution in [0.15, 0.2) is 67.0 Å². The van der Waals surface area contributed by atoms with Crippen LogP contribution in [-0.2, 0) is 4.79 Å². The molecule has 0 atom stereocenters. The molecule has 4 aromatic rings. The van der Waals surface area contributed by atoms with Crippen LogP contribution in [0, 0.1) is 6.92 Å². The molecule has 168 valence electrons. The number of carbonyl (C=O) groups is 2. The summed E-state index contributed by atoms with van der Waals surface area (Å²) in [5.74, 6) is 0.252. The second-order valence-corrected chi connectivity index (χ2v) is 7.62. The largest absolute Gasteiger partial charge is 0.464 e.